The molecular formula is C15H15NO4. The summed E-state index contributed by atoms with van der Waals surface area (Å²) in [6.45, 7) is 0. The number of aliphatic carboxylic acids is 1. The maximum atomic E-state index is 10.6. The Morgan fingerprint density at radius 1 is 0.900 bits per heavy atom. The zero-order chi connectivity index (χ0) is 14.5. The van der Waals surface area contributed by atoms with Crippen molar-refractivity contribution in [3.8, 4) is 0 Å². The largest absolute Gasteiger partial charge is 0.479 e. The molecule has 0 bridgehead atoms. The number of aliphatic hydroxyl groups excluding tert-OH is 2. The van der Waals surface area contributed by atoms with Crippen LogP contribution in [0.25, 0.3) is 0 Å². The quantitative estimate of drug-likeness (QED) is 0.668. The lowest BCUT2D eigenvalue weighted by Crippen LogP contribution is -2.27. The van der Waals surface area contributed by atoms with E-state index in [4.69, 9.17) is 5.11 Å². The van der Waals surface area contributed by atoms with Gasteiger partial charge in [-0.05, 0) is 29.8 Å². The van der Waals surface area contributed by atoms with E-state index in [9.17, 15) is 15.0 Å². The maximum Gasteiger partial charge on any atom is 0.335 e. The van der Waals surface area contributed by atoms with Gasteiger partial charge in [-0.2, -0.15) is 0 Å². The molecule has 0 aromatic heterocycles. The molecule has 0 aliphatic carbocycles. The predicted molar refractivity (Wildman–Crippen MR) is 74.8 cm³/mol. The molecule has 0 spiro atoms. The highest BCUT2D eigenvalue weighted by Crippen LogP contribution is 2.21. The summed E-state index contributed by atoms with van der Waals surface area (Å²) in [4.78, 5) is 10.6. The summed E-state index contributed by atoms with van der Waals surface area (Å²) in [6, 6.07) is 16.1. The van der Waals surface area contributed by atoms with Gasteiger partial charge in [-0.3, -0.25) is 0 Å². The zero-order valence-corrected chi connectivity index (χ0v) is 10.6. The fourth-order valence-corrected chi connectivity index (χ4v) is 1.77. The van der Waals surface area contributed by atoms with Crippen LogP contribution in [0, 0.1) is 0 Å². The Kier molecular flexibility index (Phi) is 4.34. The number of anilines is 2. The van der Waals surface area contributed by atoms with E-state index < -0.39 is 18.2 Å². The lowest BCUT2D eigenvalue weighted by molar-refractivity contribution is -0.153. The average molecular weight is 273 g/mol. The van der Waals surface area contributed by atoms with Gasteiger partial charge in [0.05, 0.1) is 0 Å². The normalized spacial score (nSPS) is 13.5. The first kappa shape index (κ1) is 14.0. The molecule has 2 aromatic rings. The molecule has 0 fully saturated rings. The van der Waals surface area contributed by atoms with Gasteiger partial charge >= 0.3 is 5.97 Å². The molecule has 2 rings (SSSR count). The van der Waals surface area contributed by atoms with Crippen molar-refractivity contribution in [2.24, 2.45) is 0 Å². The van der Waals surface area contributed by atoms with Gasteiger partial charge in [-0.15, -0.1) is 0 Å². The number of para-hydroxylation sites is 1. The first-order valence-electron chi connectivity index (χ1n) is 6.09. The summed E-state index contributed by atoms with van der Waals surface area (Å²) >= 11 is 0. The number of hydrogen-bond donors (Lipinski definition) is 4. The molecule has 4 N–H and O–H groups in total. The van der Waals surface area contributed by atoms with Crippen molar-refractivity contribution in [3.05, 3.63) is 60.2 Å². The summed E-state index contributed by atoms with van der Waals surface area (Å²) in [5.74, 6) is -1.45. The third-order valence-corrected chi connectivity index (χ3v) is 2.87. The SMILES string of the molecule is O=C(O)C(O)C(O)c1ccc(Nc2ccccc2)cc1. The number of rotatable bonds is 5. The molecule has 20 heavy (non-hydrogen) atoms. The van der Waals surface area contributed by atoms with Crippen LogP contribution >= 0.6 is 0 Å². The van der Waals surface area contributed by atoms with Crippen LogP contribution in [-0.2, 0) is 4.79 Å². The van der Waals surface area contributed by atoms with E-state index >= 15 is 0 Å². The Balaban J connectivity index is 2.08. The summed E-state index contributed by atoms with van der Waals surface area (Å²) in [6.07, 6.45) is -3.28. The van der Waals surface area contributed by atoms with Crippen molar-refractivity contribution in [1.82, 2.24) is 0 Å². The van der Waals surface area contributed by atoms with Crippen molar-refractivity contribution in [1.29, 1.82) is 0 Å². The fourth-order valence-electron chi connectivity index (χ4n) is 1.77. The van der Waals surface area contributed by atoms with Gasteiger partial charge in [-0.1, -0.05) is 30.3 Å². The van der Waals surface area contributed by atoms with Crippen LogP contribution < -0.4 is 5.32 Å². The number of aliphatic hydroxyl groups is 2. The first-order valence-corrected chi connectivity index (χ1v) is 6.09. The monoisotopic (exact) mass is 273 g/mol. The van der Waals surface area contributed by atoms with Gasteiger partial charge in [-0.25, -0.2) is 4.79 Å². The van der Waals surface area contributed by atoms with Crippen LogP contribution in [0.2, 0.25) is 0 Å². The topological polar surface area (TPSA) is 89.8 Å². The lowest BCUT2D eigenvalue weighted by atomic mass is 10.0. The van der Waals surface area contributed by atoms with Gasteiger partial charge < -0.3 is 20.6 Å². The molecule has 5 heteroatoms. The smallest absolute Gasteiger partial charge is 0.335 e. The second kappa shape index (κ2) is 6.18. The van der Waals surface area contributed by atoms with Crippen molar-refractivity contribution >= 4 is 17.3 Å². The lowest BCUT2D eigenvalue weighted by Gasteiger charge is -2.15. The highest BCUT2D eigenvalue weighted by atomic mass is 16.4. The molecular weight excluding hydrogens is 258 g/mol. The third-order valence-electron chi connectivity index (χ3n) is 2.87. The highest BCUT2D eigenvalue weighted by molar-refractivity contribution is 5.73. The van der Waals surface area contributed by atoms with Crippen LogP contribution in [-0.4, -0.2) is 27.4 Å². The van der Waals surface area contributed by atoms with Crippen LogP contribution in [0.15, 0.2) is 54.6 Å². The van der Waals surface area contributed by atoms with Gasteiger partial charge in [0.1, 0.15) is 6.10 Å². The molecule has 0 radical (unpaired) electrons. The molecule has 0 saturated heterocycles. The van der Waals surface area contributed by atoms with E-state index in [1.54, 1.807) is 24.3 Å². The Morgan fingerprint density at radius 2 is 1.45 bits per heavy atom. The van der Waals surface area contributed by atoms with Crippen molar-refractivity contribution in [3.63, 3.8) is 0 Å². The average Bonchev–Trinajstić information content (AvgIpc) is 2.47. The van der Waals surface area contributed by atoms with E-state index in [0.29, 0.717) is 5.56 Å². The number of carboxylic acid groups (broad SMARTS) is 1. The second-order valence-corrected chi connectivity index (χ2v) is 4.34. The van der Waals surface area contributed by atoms with Gasteiger partial charge in [0, 0.05) is 11.4 Å². The Labute approximate surface area is 116 Å². The van der Waals surface area contributed by atoms with Gasteiger partial charge in [0.2, 0.25) is 0 Å². The first-order chi connectivity index (χ1) is 9.58. The maximum absolute atomic E-state index is 10.6. The van der Waals surface area contributed by atoms with E-state index in [0.717, 1.165) is 11.4 Å². The van der Waals surface area contributed by atoms with E-state index in [1.165, 1.54) is 0 Å². The Morgan fingerprint density at radius 3 is 2.00 bits per heavy atom. The molecule has 5 nitrogen and oxygen atoms in total. The van der Waals surface area contributed by atoms with E-state index in [1.807, 2.05) is 30.3 Å². The molecule has 0 amide bonds. The van der Waals surface area contributed by atoms with Crippen LogP contribution in [0.4, 0.5) is 11.4 Å². The van der Waals surface area contributed by atoms with Gasteiger partial charge in [0.15, 0.2) is 6.10 Å². The number of hydrogen-bond acceptors (Lipinski definition) is 4. The number of carbonyl (C=O) groups is 1. The minimum atomic E-state index is -1.83. The molecule has 2 unspecified atom stereocenters. The molecule has 0 saturated carbocycles. The standard InChI is InChI=1S/C15H15NO4/c17-13(14(18)15(19)20)10-6-8-12(9-7-10)16-11-4-2-1-3-5-11/h1-9,13-14,16-18H,(H,19,20). The number of nitrogens with one attached hydrogen (secondary N) is 1. The van der Waals surface area contributed by atoms with Crippen LogP contribution in [0.1, 0.15) is 11.7 Å². The molecule has 0 aliphatic heterocycles. The van der Waals surface area contributed by atoms with Crippen LogP contribution in [0.3, 0.4) is 0 Å². The predicted octanol–water partition coefficient (Wildman–Crippen LogP) is 1.91. The molecule has 0 aliphatic rings. The molecule has 2 atom stereocenters. The zero-order valence-electron chi connectivity index (χ0n) is 10.6. The van der Waals surface area contributed by atoms with Crippen molar-refractivity contribution in [2.45, 2.75) is 12.2 Å². The molecule has 2 aromatic carbocycles. The number of benzene rings is 2. The third kappa shape index (κ3) is 3.34. The summed E-state index contributed by atoms with van der Waals surface area (Å²) in [5, 5.41) is 30.8. The van der Waals surface area contributed by atoms with Crippen LogP contribution in [0.5, 0.6) is 0 Å². The van der Waals surface area contributed by atoms with E-state index in [-0.39, 0.29) is 0 Å². The number of carboxylic acids is 1. The minimum absolute atomic E-state index is 0.346. The van der Waals surface area contributed by atoms with Gasteiger partial charge in [0.25, 0.3) is 0 Å². The summed E-state index contributed by atoms with van der Waals surface area (Å²) in [5.41, 5.74) is 2.07. The van der Waals surface area contributed by atoms with E-state index in [2.05, 4.69) is 5.32 Å². The Bertz CT molecular complexity index is 568. The highest BCUT2D eigenvalue weighted by Gasteiger charge is 2.24. The van der Waals surface area contributed by atoms with Crippen molar-refractivity contribution < 1.29 is 20.1 Å². The minimum Gasteiger partial charge on any atom is -0.479 e. The van der Waals surface area contributed by atoms with Crippen molar-refractivity contribution in [2.75, 3.05) is 5.32 Å². The Hall–Kier alpha value is -2.37. The molecule has 0 heterocycles. The summed E-state index contributed by atoms with van der Waals surface area (Å²) in [7, 11) is 0. The summed E-state index contributed by atoms with van der Waals surface area (Å²) < 4.78 is 0. The molecule has 104 valence electrons. The second-order valence-electron chi connectivity index (χ2n) is 4.34. The fraction of sp³-hybridized carbons (Fsp3) is 0.133.